The van der Waals surface area contributed by atoms with Gasteiger partial charge >= 0.3 is 31.1 Å². The predicted molar refractivity (Wildman–Crippen MR) is 45.4 cm³/mol. The van der Waals surface area contributed by atoms with E-state index >= 15 is 0 Å². The summed E-state index contributed by atoms with van der Waals surface area (Å²) in [4.78, 5) is 1.08. The van der Waals surface area contributed by atoms with Crippen LogP contribution in [0.3, 0.4) is 0 Å². The molecule has 1 nitrogen and oxygen atoms in total. The van der Waals surface area contributed by atoms with E-state index in [4.69, 9.17) is 4.55 Å². The third kappa shape index (κ3) is 3.85. The third-order valence-corrected chi connectivity index (χ3v) is 2.08. The molecule has 0 aliphatic heterocycles. The summed E-state index contributed by atoms with van der Waals surface area (Å²) in [6.45, 7) is 3.75. The summed E-state index contributed by atoms with van der Waals surface area (Å²) >= 11 is 0.403. The van der Waals surface area contributed by atoms with Gasteiger partial charge in [0.1, 0.15) is 12.0 Å². The molecule has 0 fully saturated rings. The van der Waals surface area contributed by atoms with Crippen LogP contribution in [0.2, 0.25) is 0 Å². The fraction of sp³-hybridized carbons (Fsp3) is 0.375. The van der Waals surface area contributed by atoms with Crippen LogP contribution in [0.5, 0.6) is 0 Å². The van der Waals surface area contributed by atoms with E-state index in [9.17, 15) is 0 Å². The standard InChI is InChI=1S/C8H10OS.U/c1-2-7-4-3-5-8(6-7)10-9;/h6,9H,1-3,5H2;/q-2;+2/p+1. The number of hydrogen-bond donors (Lipinski definition) is 1. The molecule has 0 amide bonds. The average Bonchev–Trinajstić information content (AvgIpc) is 2.05. The largest absolute Gasteiger partial charge is 2.00 e. The minimum Gasteiger partial charge on any atom is -0.342 e. The number of rotatable bonds is 2. The van der Waals surface area contributed by atoms with E-state index in [0.717, 1.165) is 29.7 Å². The zero-order valence-corrected chi connectivity index (χ0v) is 11.4. The minimum absolute atomic E-state index is 0. The Hall–Kier alpha value is 0.842. The second-order valence-corrected chi connectivity index (χ2v) is 2.96. The SMILES string of the molecule is [CH2-]CC1=[C-]CCC([SH+]O)=C1.[U+2]. The van der Waals surface area contributed by atoms with Gasteiger partial charge in [-0.05, 0) is 6.42 Å². The van der Waals surface area contributed by atoms with Crippen LogP contribution in [0.1, 0.15) is 19.3 Å². The van der Waals surface area contributed by atoms with Crippen molar-refractivity contribution >= 4 is 12.0 Å². The Morgan fingerprint density at radius 2 is 2.45 bits per heavy atom. The predicted octanol–water partition coefficient (Wildman–Crippen LogP) is 1.91. The normalized spacial score (nSPS) is 16.5. The summed E-state index contributed by atoms with van der Waals surface area (Å²) in [5.74, 6) is 0. The van der Waals surface area contributed by atoms with Crippen LogP contribution in [-0.4, -0.2) is 4.55 Å². The van der Waals surface area contributed by atoms with Crippen molar-refractivity contribution in [2.75, 3.05) is 0 Å². The Morgan fingerprint density at radius 1 is 1.73 bits per heavy atom. The molecule has 0 aromatic heterocycles. The molecule has 0 atom stereocenters. The summed E-state index contributed by atoms with van der Waals surface area (Å²) in [6.07, 6.45) is 7.84. The van der Waals surface area contributed by atoms with Crippen molar-refractivity contribution in [2.24, 2.45) is 0 Å². The first-order chi connectivity index (χ1) is 4.86. The van der Waals surface area contributed by atoms with Crippen molar-refractivity contribution in [1.82, 2.24) is 0 Å². The Morgan fingerprint density at radius 3 is 3.00 bits per heavy atom. The van der Waals surface area contributed by atoms with Crippen molar-refractivity contribution < 1.29 is 35.7 Å². The van der Waals surface area contributed by atoms with E-state index in [-0.39, 0.29) is 31.1 Å². The molecule has 0 bridgehead atoms. The first-order valence-electron chi connectivity index (χ1n) is 3.31. The topological polar surface area (TPSA) is 20.2 Å². The quantitative estimate of drug-likeness (QED) is 0.432. The van der Waals surface area contributed by atoms with Gasteiger partial charge in [-0.15, -0.1) is 6.42 Å². The second-order valence-electron chi connectivity index (χ2n) is 2.19. The summed E-state index contributed by atoms with van der Waals surface area (Å²) in [5.41, 5.74) is 1.13. The first-order valence-corrected chi connectivity index (χ1v) is 4.16. The van der Waals surface area contributed by atoms with E-state index < -0.39 is 0 Å². The Labute approximate surface area is 95.9 Å². The Kier molecular flexibility index (Phi) is 6.86. The van der Waals surface area contributed by atoms with Gasteiger partial charge in [0.15, 0.2) is 0 Å². The van der Waals surface area contributed by atoms with Crippen LogP contribution in [0.4, 0.5) is 0 Å². The van der Waals surface area contributed by atoms with Crippen molar-refractivity contribution in [3.8, 4) is 0 Å². The molecule has 0 radical (unpaired) electrons. The van der Waals surface area contributed by atoms with Crippen molar-refractivity contribution in [1.29, 1.82) is 0 Å². The van der Waals surface area contributed by atoms with Gasteiger partial charge in [0.25, 0.3) is 0 Å². The van der Waals surface area contributed by atoms with Gasteiger partial charge < -0.3 is 6.92 Å². The molecule has 58 valence electrons. The minimum atomic E-state index is 0. The zero-order chi connectivity index (χ0) is 7.40. The second kappa shape index (κ2) is 6.37. The number of hydrogen-bond acceptors (Lipinski definition) is 1. The summed E-state index contributed by atoms with van der Waals surface area (Å²) in [7, 11) is 0. The average molecular weight is 393 g/mol. The van der Waals surface area contributed by atoms with Crippen molar-refractivity contribution in [3.05, 3.63) is 29.6 Å². The molecular weight excluding hydrogens is 382 g/mol. The van der Waals surface area contributed by atoms with Gasteiger partial charge in [-0.1, -0.05) is 0 Å². The smallest absolute Gasteiger partial charge is 0.342 e. The zero-order valence-electron chi connectivity index (χ0n) is 6.30. The maximum Gasteiger partial charge on any atom is 2.00 e. The fourth-order valence-electron chi connectivity index (χ4n) is 0.915. The van der Waals surface area contributed by atoms with E-state index in [2.05, 4.69) is 13.0 Å². The number of thiol groups is 1. The molecule has 1 aliphatic carbocycles. The van der Waals surface area contributed by atoms with Crippen LogP contribution in [-0.2, 0) is 12.0 Å². The molecule has 1 N–H and O–H groups in total. The number of allylic oxidation sites excluding steroid dienone is 4. The van der Waals surface area contributed by atoms with Crippen LogP contribution < -0.4 is 0 Å². The van der Waals surface area contributed by atoms with E-state index in [1.54, 1.807) is 0 Å². The Bertz CT molecular complexity index is 175. The van der Waals surface area contributed by atoms with Crippen molar-refractivity contribution in [2.45, 2.75) is 19.3 Å². The van der Waals surface area contributed by atoms with Gasteiger partial charge in [-0.25, -0.2) is 5.57 Å². The molecule has 0 heterocycles. The maximum absolute atomic E-state index is 8.75. The molecule has 0 unspecified atom stereocenters. The summed E-state index contributed by atoms with van der Waals surface area (Å²) in [6, 6.07) is 0. The third-order valence-electron chi connectivity index (χ3n) is 1.47. The molecule has 0 saturated heterocycles. The van der Waals surface area contributed by atoms with Crippen LogP contribution in [0.25, 0.3) is 0 Å². The van der Waals surface area contributed by atoms with Gasteiger partial charge in [0.2, 0.25) is 0 Å². The molecule has 3 heteroatoms. The first kappa shape index (κ1) is 11.8. The molecule has 0 spiro atoms. The molecule has 11 heavy (non-hydrogen) atoms. The van der Waals surface area contributed by atoms with E-state index in [1.807, 2.05) is 6.08 Å². The molecular formula is C8H11OSU+. The van der Waals surface area contributed by atoms with Crippen LogP contribution in [0.15, 0.2) is 16.6 Å². The van der Waals surface area contributed by atoms with E-state index in [1.165, 1.54) is 0 Å². The molecule has 1 aliphatic rings. The maximum atomic E-state index is 8.75. The van der Waals surface area contributed by atoms with Gasteiger partial charge in [-0.2, -0.15) is 17.0 Å². The van der Waals surface area contributed by atoms with Gasteiger partial charge in [0, 0.05) is 0 Å². The fourth-order valence-corrected chi connectivity index (χ4v) is 1.34. The summed E-state index contributed by atoms with van der Waals surface area (Å²) in [5, 5.41) is 0. The molecule has 0 aromatic carbocycles. The van der Waals surface area contributed by atoms with E-state index in [0.29, 0.717) is 12.0 Å². The van der Waals surface area contributed by atoms with Crippen molar-refractivity contribution in [3.63, 3.8) is 0 Å². The molecule has 0 aromatic rings. The molecule has 0 saturated carbocycles. The van der Waals surface area contributed by atoms with Crippen LogP contribution >= 0.6 is 0 Å². The Balaban J connectivity index is 0.000001000. The van der Waals surface area contributed by atoms with Crippen LogP contribution in [0, 0.1) is 44.1 Å². The van der Waals surface area contributed by atoms with Gasteiger partial charge in [-0.3, -0.25) is 6.08 Å². The monoisotopic (exact) mass is 393 g/mol. The van der Waals surface area contributed by atoms with Gasteiger partial charge in [0.05, 0.1) is 4.91 Å². The molecule has 1 rings (SSSR count). The summed E-state index contributed by atoms with van der Waals surface area (Å²) < 4.78 is 8.75.